The lowest BCUT2D eigenvalue weighted by atomic mass is 9.76. The van der Waals surface area contributed by atoms with Crippen LogP contribution in [0.2, 0.25) is 0 Å². The van der Waals surface area contributed by atoms with E-state index < -0.39 is 30.1 Å². The van der Waals surface area contributed by atoms with Crippen molar-refractivity contribution in [2.45, 2.75) is 45.1 Å². The van der Waals surface area contributed by atoms with Gasteiger partial charge in [0.15, 0.2) is 0 Å². The Morgan fingerprint density at radius 3 is 2.27 bits per heavy atom. The third-order valence-corrected chi connectivity index (χ3v) is 4.77. The van der Waals surface area contributed by atoms with Gasteiger partial charge in [-0.2, -0.15) is 18.4 Å². The maximum atomic E-state index is 13.4. The van der Waals surface area contributed by atoms with Crippen molar-refractivity contribution >= 4 is 13.2 Å². The smallest absolute Gasteiger partial charge is 0.400 e. The second-order valence-corrected chi connectivity index (χ2v) is 7.25. The average Bonchev–Trinajstić information content (AvgIpc) is 2.74. The summed E-state index contributed by atoms with van der Waals surface area (Å²) in [4.78, 5) is 0. The minimum atomic E-state index is -4.57. The number of nitriles is 1. The number of likely N-dealkylation sites (N-methyl/N-ethyl adjacent to an activating group) is 1. The second kappa shape index (κ2) is 7.07. The molecule has 4 nitrogen and oxygen atoms in total. The van der Waals surface area contributed by atoms with Crippen LogP contribution >= 0.6 is 0 Å². The van der Waals surface area contributed by atoms with Crippen LogP contribution < -0.4 is 5.32 Å². The van der Waals surface area contributed by atoms with Crippen LogP contribution in [0, 0.1) is 11.3 Å². The third kappa shape index (κ3) is 4.12. The number of alkyl halides is 3. The van der Waals surface area contributed by atoms with Crippen molar-refractivity contribution in [3.63, 3.8) is 0 Å². The molecule has 1 aliphatic rings. The molecule has 0 radical (unpaired) electrons. The van der Waals surface area contributed by atoms with Crippen molar-refractivity contribution in [3.05, 3.63) is 40.4 Å². The highest BCUT2D eigenvalue weighted by molar-refractivity contribution is 6.55. The Bertz CT molecular complexity index is 736. The minimum Gasteiger partial charge on any atom is -0.400 e. The van der Waals surface area contributed by atoms with Gasteiger partial charge in [-0.15, -0.1) is 0 Å². The van der Waals surface area contributed by atoms with E-state index in [-0.39, 0.29) is 11.1 Å². The van der Waals surface area contributed by atoms with Gasteiger partial charge < -0.3 is 14.6 Å². The van der Waals surface area contributed by atoms with Crippen LogP contribution in [0.15, 0.2) is 23.7 Å². The molecule has 1 aromatic carbocycles. The molecule has 0 spiro atoms. The molecule has 0 aromatic heterocycles. The van der Waals surface area contributed by atoms with E-state index in [9.17, 15) is 13.2 Å². The first-order valence-electron chi connectivity index (χ1n) is 8.23. The zero-order valence-corrected chi connectivity index (χ0v) is 15.5. The predicted molar refractivity (Wildman–Crippen MR) is 94.1 cm³/mol. The van der Waals surface area contributed by atoms with Gasteiger partial charge in [0.05, 0.1) is 28.4 Å². The van der Waals surface area contributed by atoms with Gasteiger partial charge in [0.25, 0.3) is 0 Å². The third-order valence-electron chi connectivity index (χ3n) is 4.77. The molecular formula is C18H22BF3N2O2. The minimum absolute atomic E-state index is 0.0311. The van der Waals surface area contributed by atoms with Gasteiger partial charge >= 0.3 is 13.3 Å². The van der Waals surface area contributed by atoms with Crippen molar-refractivity contribution in [1.82, 2.24) is 5.32 Å². The molecule has 1 fully saturated rings. The summed E-state index contributed by atoms with van der Waals surface area (Å²) in [6.45, 7) is 7.83. The zero-order chi connectivity index (χ0) is 19.8. The SMILES string of the molecule is CNCC(=Cc1ccc(C#N)cc1C(F)(F)F)B1OC(C)(C)C(C)(C)O1. The molecular weight excluding hydrogens is 344 g/mol. The van der Waals surface area contributed by atoms with Crippen molar-refractivity contribution in [1.29, 1.82) is 5.26 Å². The van der Waals surface area contributed by atoms with Gasteiger partial charge in [-0.1, -0.05) is 12.1 Å². The summed E-state index contributed by atoms with van der Waals surface area (Å²) in [5.74, 6) is 0. The number of nitrogens with one attached hydrogen (secondary N) is 1. The van der Waals surface area contributed by atoms with E-state index in [1.807, 2.05) is 27.7 Å². The van der Waals surface area contributed by atoms with E-state index in [0.717, 1.165) is 6.07 Å². The highest BCUT2D eigenvalue weighted by Gasteiger charge is 2.52. The van der Waals surface area contributed by atoms with Crippen LogP contribution in [0.5, 0.6) is 0 Å². The number of hydrogen-bond acceptors (Lipinski definition) is 4. The average molecular weight is 366 g/mol. The highest BCUT2D eigenvalue weighted by Crippen LogP contribution is 2.39. The van der Waals surface area contributed by atoms with E-state index in [1.54, 1.807) is 13.1 Å². The molecule has 2 rings (SSSR count). The highest BCUT2D eigenvalue weighted by atomic mass is 19.4. The Kier molecular flexibility index (Phi) is 5.57. The number of nitrogens with zero attached hydrogens (tertiary/aromatic N) is 1. The second-order valence-electron chi connectivity index (χ2n) is 7.25. The van der Waals surface area contributed by atoms with Gasteiger partial charge in [-0.05, 0) is 57.9 Å². The molecule has 140 valence electrons. The molecule has 1 aliphatic heterocycles. The summed E-state index contributed by atoms with van der Waals surface area (Å²) in [6.07, 6.45) is -3.15. The van der Waals surface area contributed by atoms with Gasteiger partial charge in [0.1, 0.15) is 0 Å². The zero-order valence-electron chi connectivity index (χ0n) is 15.5. The number of rotatable bonds is 4. The largest absolute Gasteiger partial charge is 0.491 e. The van der Waals surface area contributed by atoms with Crippen molar-refractivity contribution in [2.75, 3.05) is 13.6 Å². The summed E-state index contributed by atoms with van der Waals surface area (Å²) in [5, 5.41) is 11.8. The van der Waals surface area contributed by atoms with Gasteiger partial charge in [-0.25, -0.2) is 0 Å². The molecule has 0 bridgehead atoms. The van der Waals surface area contributed by atoms with E-state index in [4.69, 9.17) is 14.6 Å². The number of halogens is 3. The Labute approximate surface area is 152 Å². The Balaban J connectivity index is 2.49. The Hall–Kier alpha value is -1.82. The lowest BCUT2D eigenvalue weighted by Crippen LogP contribution is -2.41. The molecule has 0 saturated carbocycles. The predicted octanol–water partition coefficient (Wildman–Crippen LogP) is 3.81. The fourth-order valence-corrected chi connectivity index (χ4v) is 2.60. The summed E-state index contributed by atoms with van der Waals surface area (Å²) >= 11 is 0. The van der Waals surface area contributed by atoms with Crippen molar-refractivity contribution in [3.8, 4) is 6.07 Å². The number of hydrogen-bond donors (Lipinski definition) is 1. The van der Waals surface area contributed by atoms with E-state index in [0.29, 0.717) is 12.0 Å². The first kappa shape index (κ1) is 20.5. The van der Waals surface area contributed by atoms with Crippen LogP contribution in [-0.4, -0.2) is 31.9 Å². The van der Waals surface area contributed by atoms with Crippen LogP contribution in [0.3, 0.4) is 0 Å². The summed E-state index contributed by atoms with van der Waals surface area (Å²) < 4.78 is 52.1. The van der Waals surface area contributed by atoms with Gasteiger partial charge in [-0.3, -0.25) is 0 Å². The lowest BCUT2D eigenvalue weighted by molar-refractivity contribution is -0.137. The quantitative estimate of drug-likeness (QED) is 0.824. The molecule has 1 saturated heterocycles. The topological polar surface area (TPSA) is 54.3 Å². The molecule has 1 N–H and O–H groups in total. The monoisotopic (exact) mass is 366 g/mol. The molecule has 1 aromatic rings. The summed E-state index contributed by atoms with van der Waals surface area (Å²) in [6, 6.07) is 5.25. The van der Waals surface area contributed by atoms with E-state index in [1.165, 1.54) is 18.2 Å². The molecule has 0 amide bonds. The molecule has 0 unspecified atom stereocenters. The maximum Gasteiger partial charge on any atom is 0.491 e. The molecule has 0 atom stereocenters. The van der Waals surface area contributed by atoms with Gasteiger partial charge in [0, 0.05) is 6.54 Å². The summed E-state index contributed by atoms with van der Waals surface area (Å²) in [5.41, 5.74) is -1.58. The van der Waals surface area contributed by atoms with Crippen molar-refractivity contribution < 1.29 is 22.5 Å². The van der Waals surface area contributed by atoms with Gasteiger partial charge in [0.2, 0.25) is 0 Å². The van der Waals surface area contributed by atoms with Crippen LogP contribution in [0.1, 0.15) is 44.4 Å². The first-order valence-corrected chi connectivity index (χ1v) is 8.23. The normalized spacial score (nSPS) is 19.5. The Morgan fingerprint density at radius 1 is 1.23 bits per heavy atom. The fourth-order valence-electron chi connectivity index (χ4n) is 2.60. The van der Waals surface area contributed by atoms with E-state index in [2.05, 4.69) is 5.32 Å². The molecule has 0 aliphatic carbocycles. The molecule has 26 heavy (non-hydrogen) atoms. The Morgan fingerprint density at radius 2 is 1.81 bits per heavy atom. The fraction of sp³-hybridized carbons (Fsp3) is 0.500. The summed E-state index contributed by atoms with van der Waals surface area (Å²) in [7, 11) is 0.937. The van der Waals surface area contributed by atoms with Crippen molar-refractivity contribution in [2.24, 2.45) is 0 Å². The van der Waals surface area contributed by atoms with E-state index >= 15 is 0 Å². The van der Waals surface area contributed by atoms with Crippen LogP contribution in [0.25, 0.3) is 6.08 Å². The molecule has 8 heteroatoms. The number of benzene rings is 1. The van der Waals surface area contributed by atoms with Crippen LogP contribution in [0.4, 0.5) is 13.2 Å². The maximum absolute atomic E-state index is 13.4. The molecule has 1 heterocycles. The van der Waals surface area contributed by atoms with Crippen LogP contribution in [-0.2, 0) is 15.5 Å². The standard InChI is InChI=1S/C18H22BF3N2O2/c1-16(2)17(3,4)26-19(25-16)14(11-24-5)9-13-7-6-12(10-23)8-15(13)18(20,21)22/h6-9,24H,11H2,1-5H3. The lowest BCUT2D eigenvalue weighted by Gasteiger charge is -2.32. The first-order chi connectivity index (χ1) is 11.9.